The maximum atomic E-state index is 12.1. The Hall–Kier alpha value is -1.34. The fourth-order valence-corrected chi connectivity index (χ4v) is 3.04. The molecule has 0 saturated carbocycles. The number of amides is 1. The van der Waals surface area contributed by atoms with E-state index < -0.39 is 6.10 Å². The molecule has 1 aliphatic heterocycles. The Morgan fingerprint density at radius 1 is 1.46 bits per heavy atom. The minimum Gasteiger partial charge on any atom is -0.483 e. The molecule has 2 rings (SSSR count). The Labute approximate surface area is 151 Å². The van der Waals surface area contributed by atoms with Crippen LogP contribution in [-0.4, -0.2) is 60.3 Å². The number of nitrogens with zero attached hydrogens (tertiary/aromatic N) is 1. The van der Waals surface area contributed by atoms with Crippen molar-refractivity contribution in [2.45, 2.75) is 18.9 Å². The first-order valence-electron chi connectivity index (χ1n) is 7.55. The van der Waals surface area contributed by atoms with Gasteiger partial charge in [-0.15, -0.1) is 0 Å². The van der Waals surface area contributed by atoms with Crippen molar-refractivity contribution in [3.8, 4) is 0 Å². The third kappa shape index (κ3) is 6.65. The van der Waals surface area contributed by atoms with Crippen molar-refractivity contribution in [1.29, 1.82) is 0 Å². The number of carboxylic acid groups (broad SMARTS) is 1. The second-order valence-corrected chi connectivity index (χ2v) is 6.45. The van der Waals surface area contributed by atoms with E-state index in [-0.39, 0.29) is 18.3 Å². The highest BCUT2D eigenvalue weighted by atomic mass is 35.5. The molecule has 0 unspecified atom stereocenters. The topological polar surface area (TPSA) is 89.9 Å². The van der Waals surface area contributed by atoms with Gasteiger partial charge in [-0.25, -0.2) is 0 Å². The van der Waals surface area contributed by atoms with Crippen LogP contribution >= 0.6 is 23.2 Å². The summed E-state index contributed by atoms with van der Waals surface area (Å²) in [6.07, 6.45) is 0.721. The van der Waals surface area contributed by atoms with Crippen molar-refractivity contribution in [3.63, 3.8) is 0 Å². The van der Waals surface area contributed by atoms with E-state index in [1.165, 1.54) is 0 Å². The van der Waals surface area contributed by atoms with Gasteiger partial charge in [0.2, 0.25) is 5.91 Å². The molecular weight excluding hydrogens is 355 g/mol. The molecule has 1 amide bonds. The zero-order chi connectivity index (χ0) is 18.1. The normalized spacial score (nSPS) is 20.7. The Balaban J connectivity index is 0.000000891. The molecule has 1 fully saturated rings. The standard InChI is InChI=1S/C15H20Cl2N2O2.CH2O2/c1-19-7-5-14(20)12(9-19)15(21)18-6-4-10-2-3-11(16)8-13(10)17;2-1-3/h2-3,8,12,14,20H,4-7,9H2,1H3,(H,18,21);1H,(H,2,3)/t12-,14+;/m1./s1. The summed E-state index contributed by atoms with van der Waals surface area (Å²) < 4.78 is 0. The third-order valence-corrected chi connectivity index (χ3v) is 4.41. The molecule has 24 heavy (non-hydrogen) atoms. The second kappa shape index (κ2) is 10.5. The van der Waals surface area contributed by atoms with Gasteiger partial charge in [0.1, 0.15) is 0 Å². The zero-order valence-corrected chi connectivity index (χ0v) is 14.9. The summed E-state index contributed by atoms with van der Waals surface area (Å²) in [6, 6.07) is 5.34. The van der Waals surface area contributed by atoms with Crippen molar-refractivity contribution in [3.05, 3.63) is 33.8 Å². The molecule has 1 heterocycles. The fourth-order valence-electron chi connectivity index (χ4n) is 2.54. The van der Waals surface area contributed by atoms with E-state index in [0.717, 1.165) is 12.1 Å². The van der Waals surface area contributed by atoms with Crippen molar-refractivity contribution < 1.29 is 19.8 Å². The van der Waals surface area contributed by atoms with E-state index in [4.69, 9.17) is 33.1 Å². The van der Waals surface area contributed by atoms with Crippen LogP contribution in [0.15, 0.2) is 18.2 Å². The minimum absolute atomic E-state index is 0.0980. The smallest absolute Gasteiger partial charge is 0.290 e. The molecule has 3 N–H and O–H groups in total. The highest BCUT2D eigenvalue weighted by Gasteiger charge is 2.31. The molecule has 1 aliphatic rings. The van der Waals surface area contributed by atoms with Gasteiger partial charge >= 0.3 is 0 Å². The quantitative estimate of drug-likeness (QED) is 0.695. The van der Waals surface area contributed by atoms with Crippen LogP contribution in [0.1, 0.15) is 12.0 Å². The van der Waals surface area contributed by atoms with Gasteiger partial charge in [-0.3, -0.25) is 9.59 Å². The van der Waals surface area contributed by atoms with Crippen LogP contribution in [0.5, 0.6) is 0 Å². The molecule has 0 spiro atoms. The molecule has 0 bridgehead atoms. The molecule has 6 nitrogen and oxygen atoms in total. The first-order valence-corrected chi connectivity index (χ1v) is 8.30. The number of likely N-dealkylation sites (tertiary alicyclic amines) is 1. The van der Waals surface area contributed by atoms with Gasteiger partial charge in [0, 0.05) is 29.7 Å². The van der Waals surface area contributed by atoms with Gasteiger partial charge in [-0.2, -0.15) is 0 Å². The lowest BCUT2D eigenvalue weighted by Gasteiger charge is -2.32. The molecule has 134 valence electrons. The van der Waals surface area contributed by atoms with Crippen LogP contribution in [0.25, 0.3) is 0 Å². The lowest BCUT2D eigenvalue weighted by molar-refractivity contribution is -0.131. The van der Waals surface area contributed by atoms with Crippen LogP contribution in [-0.2, 0) is 16.0 Å². The summed E-state index contributed by atoms with van der Waals surface area (Å²) in [4.78, 5) is 22.6. The molecule has 1 aromatic rings. The number of halogens is 2. The number of piperidine rings is 1. The van der Waals surface area contributed by atoms with Crippen LogP contribution < -0.4 is 5.32 Å². The van der Waals surface area contributed by atoms with Gasteiger partial charge in [0.25, 0.3) is 6.47 Å². The van der Waals surface area contributed by atoms with Crippen molar-refractivity contribution >= 4 is 35.6 Å². The Kier molecular flexibility index (Phi) is 9.07. The summed E-state index contributed by atoms with van der Waals surface area (Å²) in [5, 5.41) is 20.9. The molecule has 0 radical (unpaired) electrons. The number of carbonyl (C=O) groups is 2. The van der Waals surface area contributed by atoms with Crippen molar-refractivity contribution in [2.75, 3.05) is 26.7 Å². The Morgan fingerprint density at radius 3 is 2.75 bits per heavy atom. The predicted octanol–water partition coefficient (Wildman–Crippen LogP) is 1.67. The first-order chi connectivity index (χ1) is 11.4. The average Bonchev–Trinajstić information content (AvgIpc) is 2.52. The summed E-state index contributed by atoms with van der Waals surface area (Å²) in [5.41, 5.74) is 0.947. The molecule has 8 heteroatoms. The third-order valence-electron chi connectivity index (χ3n) is 3.82. The number of benzene rings is 1. The van der Waals surface area contributed by atoms with Crippen molar-refractivity contribution in [2.24, 2.45) is 5.92 Å². The maximum absolute atomic E-state index is 12.1. The number of aliphatic hydroxyl groups excluding tert-OH is 1. The van der Waals surface area contributed by atoms with Crippen molar-refractivity contribution in [1.82, 2.24) is 10.2 Å². The number of hydrogen-bond donors (Lipinski definition) is 3. The van der Waals surface area contributed by atoms with E-state index in [1.807, 2.05) is 13.1 Å². The molecule has 1 saturated heterocycles. The molecular formula is C16H22Cl2N2O4. The predicted molar refractivity (Wildman–Crippen MR) is 93.5 cm³/mol. The van der Waals surface area contributed by atoms with Crippen LogP contribution in [0.3, 0.4) is 0 Å². The first kappa shape index (κ1) is 20.7. The summed E-state index contributed by atoms with van der Waals surface area (Å²) >= 11 is 11.9. The zero-order valence-electron chi connectivity index (χ0n) is 13.4. The van der Waals surface area contributed by atoms with Crippen LogP contribution in [0, 0.1) is 5.92 Å². The lowest BCUT2D eigenvalue weighted by Crippen LogP contribution is -2.49. The summed E-state index contributed by atoms with van der Waals surface area (Å²) in [7, 11) is 1.96. The second-order valence-electron chi connectivity index (χ2n) is 5.61. The average molecular weight is 377 g/mol. The monoisotopic (exact) mass is 376 g/mol. The van der Waals surface area contributed by atoms with E-state index in [0.29, 0.717) is 36.0 Å². The number of nitrogens with one attached hydrogen (secondary N) is 1. The Morgan fingerprint density at radius 2 is 2.12 bits per heavy atom. The van der Waals surface area contributed by atoms with E-state index in [2.05, 4.69) is 10.2 Å². The highest BCUT2D eigenvalue weighted by Crippen LogP contribution is 2.21. The lowest BCUT2D eigenvalue weighted by atomic mass is 9.94. The molecule has 2 atom stereocenters. The summed E-state index contributed by atoms with van der Waals surface area (Å²) in [6.45, 7) is 1.66. The van der Waals surface area contributed by atoms with Gasteiger partial charge in [0.15, 0.2) is 0 Å². The van der Waals surface area contributed by atoms with E-state index in [9.17, 15) is 9.90 Å². The number of hydrogen-bond acceptors (Lipinski definition) is 4. The van der Waals surface area contributed by atoms with Crippen LogP contribution in [0.4, 0.5) is 0 Å². The molecule has 0 aromatic heterocycles. The van der Waals surface area contributed by atoms with E-state index in [1.54, 1.807) is 12.1 Å². The summed E-state index contributed by atoms with van der Waals surface area (Å²) in [5.74, 6) is -0.455. The van der Waals surface area contributed by atoms with Gasteiger partial charge in [0.05, 0.1) is 12.0 Å². The molecule has 0 aliphatic carbocycles. The highest BCUT2D eigenvalue weighted by molar-refractivity contribution is 6.35. The molecule has 1 aromatic carbocycles. The van der Waals surface area contributed by atoms with Gasteiger partial charge in [-0.1, -0.05) is 29.3 Å². The number of carbonyl (C=O) groups excluding carboxylic acids is 1. The largest absolute Gasteiger partial charge is 0.483 e. The Bertz CT molecular complexity index is 557. The maximum Gasteiger partial charge on any atom is 0.290 e. The van der Waals surface area contributed by atoms with Gasteiger partial charge < -0.3 is 20.4 Å². The fraction of sp³-hybridized carbons (Fsp3) is 0.500. The number of rotatable bonds is 4. The number of aliphatic hydroxyl groups is 1. The minimum atomic E-state index is -0.555. The van der Waals surface area contributed by atoms with Crippen LogP contribution in [0.2, 0.25) is 10.0 Å². The van der Waals surface area contributed by atoms with Gasteiger partial charge in [-0.05, 0) is 37.6 Å². The van der Waals surface area contributed by atoms with E-state index >= 15 is 0 Å². The SMILES string of the molecule is CN1CC[C@H](O)[C@H](C(=O)NCCc2ccc(Cl)cc2Cl)C1.O=CO.